The van der Waals surface area contributed by atoms with E-state index in [1.165, 1.54) is 11.9 Å². The Morgan fingerprint density at radius 2 is 1.85 bits per heavy atom. The molecule has 2 atom stereocenters. The van der Waals surface area contributed by atoms with Crippen LogP contribution in [-0.4, -0.2) is 99.2 Å². The number of urea groups is 1. The number of hydrogen-bond acceptors (Lipinski definition) is 8. The number of carbonyl (C=O) groups is 2. The molecule has 2 unspecified atom stereocenters. The zero-order valence-electron chi connectivity index (χ0n) is 15.5. The molecule has 4 rings (SSSR count). The standard InChI is InChI=1S/C17H23N7O2S/c1-21-13-12(14(25)22(2)17(21)26)24(16(20-13)23-8-3-4-9-23)10-11-27-15-18-6-5-7-19-15/h5-7,12-13H,3-4,8-11H2,1-2H3. The Morgan fingerprint density at radius 3 is 2.56 bits per heavy atom. The average molecular weight is 389 g/mol. The smallest absolute Gasteiger partial charge is 0.328 e. The number of guanidine groups is 1. The average Bonchev–Trinajstić information content (AvgIpc) is 3.33. The molecule has 0 radical (unpaired) electrons. The number of likely N-dealkylation sites (tertiary alicyclic amines) is 1. The summed E-state index contributed by atoms with van der Waals surface area (Å²) in [6, 6.07) is 1.02. The summed E-state index contributed by atoms with van der Waals surface area (Å²) < 4.78 is 0. The van der Waals surface area contributed by atoms with Crippen LogP contribution in [0.1, 0.15) is 12.8 Å². The molecule has 3 aliphatic heterocycles. The lowest BCUT2D eigenvalue weighted by atomic mass is 10.1. The molecule has 2 fully saturated rings. The van der Waals surface area contributed by atoms with Crippen LogP contribution in [0.2, 0.25) is 0 Å². The Kier molecular flexibility index (Phi) is 4.90. The molecule has 27 heavy (non-hydrogen) atoms. The van der Waals surface area contributed by atoms with Crippen molar-refractivity contribution in [3.63, 3.8) is 0 Å². The highest BCUT2D eigenvalue weighted by Gasteiger charge is 2.51. The van der Waals surface area contributed by atoms with Gasteiger partial charge in [0.1, 0.15) is 0 Å². The van der Waals surface area contributed by atoms with Crippen molar-refractivity contribution in [2.24, 2.45) is 4.99 Å². The molecule has 3 aliphatic rings. The maximum absolute atomic E-state index is 12.9. The van der Waals surface area contributed by atoms with Crippen LogP contribution in [0.25, 0.3) is 0 Å². The predicted octanol–water partition coefficient (Wildman–Crippen LogP) is 0.555. The number of likely N-dealkylation sites (N-methyl/N-ethyl adjacent to an activating group) is 2. The Bertz CT molecular complexity index is 753. The molecular formula is C17H23N7O2S. The van der Waals surface area contributed by atoms with Gasteiger partial charge in [0.05, 0.1) is 0 Å². The molecule has 2 saturated heterocycles. The van der Waals surface area contributed by atoms with Crippen molar-refractivity contribution in [2.75, 3.05) is 39.5 Å². The highest BCUT2D eigenvalue weighted by molar-refractivity contribution is 7.99. The Hall–Kier alpha value is -2.36. The second-order valence-corrected chi connectivity index (χ2v) is 7.91. The summed E-state index contributed by atoms with van der Waals surface area (Å²) in [5, 5.41) is 0.715. The van der Waals surface area contributed by atoms with E-state index in [1.54, 1.807) is 42.2 Å². The molecule has 10 heteroatoms. The summed E-state index contributed by atoms with van der Waals surface area (Å²) in [4.78, 5) is 45.5. The number of imide groups is 1. The van der Waals surface area contributed by atoms with Gasteiger partial charge < -0.3 is 14.7 Å². The minimum atomic E-state index is -0.467. The molecule has 0 N–H and O–H groups in total. The third-order valence-corrected chi connectivity index (χ3v) is 6.04. The Morgan fingerprint density at radius 1 is 1.15 bits per heavy atom. The van der Waals surface area contributed by atoms with Gasteiger partial charge in [-0.05, 0) is 18.9 Å². The van der Waals surface area contributed by atoms with Gasteiger partial charge in [0.25, 0.3) is 5.91 Å². The molecule has 0 saturated carbocycles. The van der Waals surface area contributed by atoms with E-state index in [2.05, 4.69) is 19.8 Å². The van der Waals surface area contributed by atoms with Gasteiger partial charge in [0.15, 0.2) is 23.3 Å². The zero-order valence-corrected chi connectivity index (χ0v) is 16.3. The van der Waals surface area contributed by atoms with Gasteiger partial charge >= 0.3 is 6.03 Å². The SMILES string of the molecule is CN1C(=O)C2C(N=C(N3CCCC3)N2CCSc2ncccn2)N(C)C1=O. The predicted molar refractivity (Wildman–Crippen MR) is 101 cm³/mol. The quantitative estimate of drug-likeness (QED) is 0.549. The number of fused-ring (bicyclic) bond motifs is 1. The van der Waals surface area contributed by atoms with E-state index in [0.717, 1.165) is 37.6 Å². The first-order valence-corrected chi connectivity index (χ1v) is 10.1. The van der Waals surface area contributed by atoms with Crippen molar-refractivity contribution in [1.82, 2.24) is 29.6 Å². The number of hydrogen-bond donors (Lipinski definition) is 0. The first-order valence-electron chi connectivity index (χ1n) is 9.11. The maximum Gasteiger partial charge on any atom is 0.328 e. The number of rotatable bonds is 4. The molecule has 3 amide bonds. The molecule has 1 aromatic heterocycles. The minimum Gasteiger partial charge on any atom is -0.343 e. The van der Waals surface area contributed by atoms with Crippen LogP contribution in [0.15, 0.2) is 28.6 Å². The zero-order chi connectivity index (χ0) is 19.0. The summed E-state index contributed by atoms with van der Waals surface area (Å²) in [5.41, 5.74) is 0. The van der Waals surface area contributed by atoms with Gasteiger partial charge in [-0.1, -0.05) is 11.8 Å². The lowest BCUT2D eigenvalue weighted by molar-refractivity contribution is -0.136. The van der Waals surface area contributed by atoms with Crippen LogP contribution in [0.3, 0.4) is 0 Å². The Labute approximate surface area is 162 Å². The molecule has 0 spiro atoms. The fourth-order valence-electron chi connectivity index (χ4n) is 3.76. The number of amides is 3. The third kappa shape index (κ3) is 3.22. The lowest BCUT2D eigenvalue weighted by Crippen LogP contribution is -2.64. The van der Waals surface area contributed by atoms with Gasteiger partial charge in [-0.2, -0.15) is 0 Å². The monoisotopic (exact) mass is 389 g/mol. The largest absolute Gasteiger partial charge is 0.343 e. The fourth-order valence-corrected chi connectivity index (χ4v) is 4.51. The molecule has 0 aromatic carbocycles. The number of aromatic nitrogens is 2. The highest BCUT2D eigenvalue weighted by Crippen LogP contribution is 2.29. The van der Waals surface area contributed by atoms with Gasteiger partial charge in [-0.15, -0.1) is 0 Å². The number of thioether (sulfide) groups is 1. The van der Waals surface area contributed by atoms with Gasteiger partial charge in [0.2, 0.25) is 0 Å². The van der Waals surface area contributed by atoms with Crippen molar-refractivity contribution >= 4 is 29.7 Å². The topological polar surface area (TPSA) is 85.2 Å². The van der Waals surface area contributed by atoms with E-state index >= 15 is 0 Å². The van der Waals surface area contributed by atoms with Gasteiger partial charge in [-0.3, -0.25) is 9.69 Å². The van der Waals surface area contributed by atoms with E-state index in [4.69, 9.17) is 4.99 Å². The van der Waals surface area contributed by atoms with Crippen LogP contribution in [0.5, 0.6) is 0 Å². The summed E-state index contributed by atoms with van der Waals surface area (Å²) in [6.45, 7) is 2.51. The molecule has 4 heterocycles. The van der Waals surface area contributed by atoms with E-state index in [1.807, 2.05) is 0 Å². The van der Waals surface area contributed by atoms with E-state index in [-0.39, 0.29) is 11.9 Å². The summed E-state index contributed by atoms with van der Waals surface area (Å²) in [7, 11) is 3.25. The van der Waals surface area contributed by atoms with Crippen molar-refractivity contribution in [2.45, 2.75) is 30.2 Å². The van der Waals surface area contributed by atoms with Crippen LogP contribution in [-0.2, 0) is 4.79 Å². The fraction of sp³-hybridized carbons (Fsp3) is 0.588. The highest BCUT2D eigenvalue weighted by atomic mass is 32.2. The first kappa shape index (κ1) is 18.0. The summed E-state index contributed by atoms with van der Waals surface area (Å²) in [5.74, 6) is 1.37. The number of aliphatic imine (C=N–C) groups is 1. The normalized spacial score (nSPS) is 25.3. The van der Waals surface area contributed by atoms with Crippen molar-refractivity contribution in [3.05, 3.63) is 18.5 Å². The van der Waals surface area contributed by atoms with Crippen molar-refractivity contribution < 1.29 is 9.59 Å². The van der Waals surface area contributed by atoms with Crippen LogP contribution < -0.4 is 0 Å². The first-order chi connectivity index (χ1) is 13.1. The van der Waals surface area contributed by atoms with Gasteiger partial charge in [-0.25, -0.2) is 19.8 Å². The molecular weight excluding hydrogens is 366 g/mol. The van der Waals surface area contributed by atoms with Crippen LogP contribution in [0.4, 0.5) is 4.79 Å². The third-order valence-electron chi connectivity index (χ3n) is 5.19. The lowest BCUT2D eigenvalue weighted by Gasteiger charge is -2.40. The van der Waals surface area contributed by atoms with Crippen LogP contribution in [0, 0.1) is 0 Å². The summed E-state index contributed by atoms with van der Waals surface area (Å²) in [6.07, 6.45) is 5.22. The van der Waals surface area contributed by atoms with Crippen molar-refractivity contribution in [3.8, 4) is 0 Å². The summed E-state index contributed by atoms with van der Waals surface area (Å²) >= 11 is 1.55. The van der Waals surface area contributed by atoms with E-state index in [0.29, 0.717) is 11.7 Å². The molecule has 1 aromatic rings. The minimum absolute atomic E-state index is 0.193. The molecule has 9 nitrogen and oxygen atoms in total. The molecule has 0 aliphatic carbocycles. The maximum atomic E-state index is 12.9. The van der Waals surface area contributed by atoms with Crippen LogP contribution >= 0.6 is 11.8 Å². The van der Waals surface area contributed by atoms with Gasteiger partial charge in [0, 0.05) is 51.9 Å². The van der Waals surface area contributed by atoms with E-state index in [9.17, 15) is 9.59 Å². The van der Waals surface area contributed by atoms with Crippen molar-refractivity contribution in [1.29, 1.82) is 0 Å². The second-order valence-electron chi connectivity index (χ2n) is 6.85. The molecule has 0 bridgehead atoms. The number of nitrogens with zero attached hydrogens (tertiary/aromatic N) is 7. The second kappa shape index (κ2) is 7.34. The van der Waals surface area contributed by atoms with E-state index < -0.39 is 12.2 Å². The Balaban J connectivity index is 1.55. The molecule has 144 valence electrons. The number of carbonyl (C=O) groups excluding carboxylic acids is 2.